The molecule has 1 nitrogen and oxygen atoms in total. The first-order valence-electron chi connectivity index (χ1n) is 4.87. The fraction of sp³-hybridized carbons (Fsp3) is 0.250. The Balaban J connectivity index is 2.25. The summed E-state index contributed by atoms with van der Waals surface area (Å²) in [7, 11) is 0. The van der Waals surface area contributed by atoms with E-state index in [1.807, 2.05) is 0 Å². The molecule has 1 aromatic carbocycles. The maximum atomic E-state index is 4.59. The summed E-state index contributed by atoms with van der Waals surface area (Å²) in [5.41, 5.74) is 3.68. The summed E-state index contributed by atoms with van der Waals surface area (Å²) in [6.45, 7) is 2.10. The van der Waals surface area contributed by atoms with Crippen LogP contribution in [0.3, 0.4) is 0 Å². The molecule has 0 saturated heterocycles. The Hall–Kier alpha value is -0.670. The van der Waals surface area contributed by atoms with Crippen LogP contribution in [-0.2, 0) is 6.42 Å². The Morgan fingerprint density at radius 3 is 2.67 bits per heavy atom. The highest BCUT2D eigenvalue weighted by molar-refractivity contribution is 9.09. The minimum Gasteiger partial charge on any atom is -0.241 e. The number of aromatic nitrogens is 1. The van der Waals surface area contributed by atoms with Crippen LogP contribution in [0.15, 0.2) is 29.6 Å². The molecule has 0 saturated carbocycles. The first kappa shape index (κ1) is 10.8. The minimum atomic E-state index is 0.976. The van der Waals surface area contributed by atoms with Gasteiger partial charge in [-0.05, 0) is 6.92 Å². The molecular formula is C12H12BrNS. The number of halogens is 1. The predicted molar refractivity (Wildman–Crippen MR) is 69.8 cm³/mol. The third kappa shape index (κ3) is 2.67. The zero-order valence-corrected chi connectivity index (χ0v) is 10.9. The third-order valence-corrected chi connectivity index (χ3v) is 3.54. The highest BCUT2D eigenvalue weighted by Gasteiger charge is 2.03. The zero-order chi connectivity index (χ0) is 10.7. The highest BCUT2D eigenvalue weighted by atomic mass is 79.9. The summed E-state index contributed by atoms with van der Waals surface area (Å²) in [6.07, 6.45) is 1.00. The summed E-state index contributed by atoms with van der Waals surface area (Å²) in [5.74, 6) is 0. The van der Waals surface area contributed by atoms with Gasteiger partial charge in [-0.2, -0.15) is 0 Å². The molecule has 0 spiro atoms. The molecule has 0 aliphatic heterocycles. The molecule has 2 rings (SSSR count). The first-order valence-corrected chi connectivity index (χ1v) is 6.87. The van der Waals surface area contributed by atoms with E-state index in [-0.39, 0.29) is 0 Å². The number of hydrogen-bond acceptors (Lipinski definition) is 2. The molecule has 3 heteroatoms. The van der Waals surface area contributed by atoms with Crippen molar-refractivity contribution in [2.45, 2.75) is 13.3 Å². The molecule has 2 aromatic rings. The van der Waals surface area contributed by atoms with Gasteiger partial charge in [-0.1, -0.05) is 45.8 Å². The van der Waals surface area contributed by atoms with Crippen molar-refractivity contribution in [3.63, 3.8) is 0 Å². The van der Waals surface area contributed by atoms with Crippen molar-refractivity contribution < 1.29 is 0 Å². The van der Waals surface area contributed by atoms with Gasteiger partial charge in [-0.15, -0.1) is 11.3 Å². The van der Waals surface area contributed by atoms with E-state index in [4.69, 9.17) is 0 Å². The van der Waals surface area contributed by atoms with Crippen LogP contribution in [0.25, 0.3) is 10.6 Å². The van der Waals surface area contributed by atoms with Gasteiger partial charge in [0.1, 0.15) is 5.01 Å². The second-order valence-corrected chi connectivity index (χ2v) is 5.10. The third-order valence-electron chi connectivity index (χ3n) is 2.20. The van der Waals surface area contributed by atoms with E-state index in [0.717, 1.165) is 16.8 Å². The molecule has 0 radical (unpaired) electrons. The SMILES string of the molecule is Cc1ccc(-c2nc(CCBr)cs2)cc1. The van der Waals surface area contributed by atoms with E-state index in [2.05, 4.69) is 57.5 Å². The Morgan fingerprint density at radius 1 is 1.27 bits per heavy atom. The molecule has 0 fully saturated rings. The molecule has 0 bridgehead atoms. The Bertz CT molecular complexity index is 433. The number of hydrogen-bond donors (Lipinski definition) is 0. The number of nitrogens with zero attached hydrogens (tertiary/aromatic N) is 1. The summed E-state index contributed by atoms with van der Waals surface area (Å²) in [5, 5.41) is 4.23. The lowest BCUT2D eigenvalue weighted by Crippen LogP contribution is -1.85. The fourth-order valence-corrected chi connectivity index (χ4v) is 2.61. The quantitative estimate of drug-likeness (QED) is 0.774. The largest absolute Gasteiger partial charge is 0.241 e. The summed E-state index contributed by atoms with van der Waals surface area (Å²) >= 11 is 5.14. The molecule has 0 aliphatic rings. The smallest absolute Gasteiger partial charge is 0.123 e. The van der Waals surface area contributed by atoms with E-state index < -0.39 is 0 Å². The fourth-order valence-electron chi connectivity index (χ4n) is 1.35. The molecule has 78 valence electrons. The van der Waals surface area contributed by atoms with Crippen LogP contribution in [-0.4, -0.2) is 10.3 Å². The molecule has 1 heterocycles. The summed E-state index contributed by atoms with van der Waals surface area (Å²) in [6, 6.07) is 8.51. The van der Waals surface area contributed by atoms with Gasteiger partial charge in [-0.25, -0.2) is 4.98 Å². The number of thiazole rings is 1. The van der Waals surface area contributed by atoms with Gasteiger partial charge in [0, 0.05) is 22.7 Å². The van der Waals surface area contributed by atoms with E-state index in [9.17, 15) is 0 Å². The molecule has 0 atom stereocenters. The zero-order valence-electron chi connectivity index (χ0n) is 8.53. The van der Waals surface area contributed by atoms with Crippen molar-refractivity contribution in [1.82, 2.24) is 4.98 Å². The van der Waals surface area contributed by atoms with Crippen LogP contribution < -0.4 is 0 Å². The molecule has 0 N–H and O–H groups in total. The number of aryl methyl sites for hydroxylation is 2. The van der Waals surface area contributed by atoms with Crippen molar-refractivity contribution in [2.75, 3.05) is 5.33 Å². The second-order valence-electron chi connectivity index (χ2n) is 3.45. The average molecular weight is 282 g/mol. The van der Waals surface area contributed by atoms with E-state index in [1.165, 1.54) is 16.8 Å². The van der Waals surface area contributed by atoms with Crippen molar-refractivity contribution in [2.24, 2.45) is 0 Å². The summed E-state index contributed by atoms with van der Waals surface area (Å²) in [4.78, 5) is 4.59. The molecular weight excluding hydrogens is 270 g/mol. The summed E-state index contributed by atoms with van der Waals surface area (Å²) < 4.78 is 0. The van der Waals surface area contributed by atoms with Gasteiger partial charge in [-0.3, -0.25) is 0 Å². The maximum absolute atomic E-state index is 4.59. The van der Waals surface area contributed by atoms with Crippen molar-refractivity contribution >= 4 is 27.3 Å². The molecule has 0 amide bonds. The Labute approximate surface area is 102 Å². The lowest BCUT2D eigenvalue weighted by Gasteiger charge is -1.96. The lowest BCUT2D eigenvalue weighted by atomic mass is 10.2. The highest BCUT2D eigenvalue weighted by Crippen LogP contribution is 2.24. The van der Waals surface area contributed by atoms with Gasteiger partial charge in [0.25, 0.3) is 0 Å². The van der Waals surface area contributed by atoms with Crippen molar-refractivity contribution in [3.05, 3.63) is 40.9 Å². The number of rotatable bonds is 3. The molecule has 1 aromatic heterocycles. The molecule has 0 aliphatic carbocycles. The van der Waals surface area contributed by atoms with Gasteiger partial charge >= 0.3 is 0 Å². The van der Waals surface area contributed by atoms with Crippen LogP contribution in [0, 0.1) is 6.92 Å². The van der Waals surface area contributed by atoms with E-state index >= 15 is 0 Å². The molecule has 15 heavy (non-hydrogen) atoms. The Morgan fingerprint density at radius 2 is 2.00 bits per heavy atom. The van der Waals surface area contributed by atoms with Gasteiger partial charge in [0.15, 0.2) is 0 Å². The van der Waals surface area contributed by atoms with Crippen molar-refractivity contribution in [3.8, 4) is 10.6 Å². The predicted octanol–water partition coefficient (Wildman–Crippen LogP) is 4.06. The monoisotopic (exact) mass is 281 g/mol. The topological polar surface area (TPSA) is 12.9 Å². The number of alkyl halides is 1. The van der Waals surface area contributed by atoms with Gasteiger partial charge in [0.2, 0.25) is 0 Å². The first-order chi connectivity index (χ1) is 7.29. The van der Waals surface area contributed by atoms with Crippen LogP contribution in [0.2, 0.25) is 0 Å². The maximum Gasteiger partial charge on any atom is 0.123 e. The average Bonchev–Trinajstić information content (AvgIpc) is 2.68. The van der Waals surface area contributed by atoms with Crippen LogP contribution in [0.4, 0.5) is 0 Å². The van der Waals surface area contributed by atoms with Crippen LogP contribution in [0.5, 0.6) is 0 Å². The normalized spacial score (nSPS) is 10.5. The van der Waals surface area contributed by atoms with Gasteiger partial charge < -0.3 is 0 Å². The molecule has 0 unspecified atom stereocenters. The van der Waals surface area contributed by atoms with Crippen LogP contribution in [0.1, 0.15) is 11.3 Å². The van der Waals surface area contributed by atoms with Crippen LogP contribution >= 0.6 is 27.3 Å². The lowest BCUT2D eigenvalue weighted by molar-refractivity contribution is 1.09. The minimum absolute atomic E-state index is 0.976. The Kier molecular flexibility index (Phi) is 3.54. The number of benzene rings is 1. The standard InChI is InChI=1S/C12H12BrNS/c1-9-2-4-10(5-3-9)12-14-11(6-7-13)8-15-12/h2-5,8H,6-7H2,1H3. The van der Waals surface area contributed by atoms with Crippen molar-refractivity contribution in [1.29, 1.82) is 0 Å². The van der Waals surface area contributed by atoms with Gasteiger partial charge in [0.05, 0.1) is 5.69 Å². The second kappa shape index (κ2) is 4.90. The van der Waals surface area contributed by atoms with E-state index in [0.29, 0.717) is 0 Å². The van der Waals surface area contributed by atoms with E-state index in [1.54, 1.807) is 11.3 Å².